The molecule has 0 aromatic carbocycles. The summed E-state index contributed by atoms with van der Waals surface area (Å²) in [5, 5.41) is 3.68. The van der Waals surface area contributed by atoms with Crippen molar-refractivity contribution in [2.75, 3.05) is 7.05 Å². The van der Waals surface area contributed by atoms with Gasteiger partial charge in [0.25, 0.3) is 0 Å². The van der Waals surface area contributed by atoms with Gasteiger partial charge in [0.05, 0.1) is 3.79 Å². The molecule has 1 N–H and O–H groups in total. The van der Waals surface area contributed by atoms with Gasteiger partial charge in [-0.3, -0.25) is 0 Å². The summed E-state index contributed by atoms with van der Waals surface area (Å²) in [5.74, 6) is 3.10. The Balaban J connectivity index is 1.69. The maximum atomic E-state index is 3.68. The van der Waals surface area contributed by atoms with Crippen LogP contribution >= 0.6 is 27.3 Å². The zero-order valence-electron chi connectivity index (χ0n) is 11.5. The molecular formula is C16H22BrNS. The summed E-state index contributed by atoms with van der Waals surface area (Å²) in [6, 6.07) is 5.12. The molecule has 0 saturated heterocycles. The molecule has 19 heavy (non-hydrogen) atoms. The van der Waals surface area contributed by atoms with Crippen LogP contribution < -0.4 is 5.32 Å². The van der Waals surface area contributed by atoms with E-state index in [4.69, 9.17) is 0 Å². The van der Waals surface area contributed by atoms with Crippen LogP contribution in [0.3, 0.4) is 0 Å². The van der Waals surface area contributed by atoms with Crippen LogP contribution in [0.15, 0.2) is 15.9 Å². The molecule has 4 saturated carbocycles. The fourth-order valence-electron chi connectivity index (χ4n) is 5.76. The van der Waals surface area contributed by atoms with E-state index in [1.165, 1.54) is 47.2 Å². The van der Waals surface area contributed by atoms with Gasteiger partial charge in [-0.2, -0.15) is 0 Å². The number of nitrogens with one attached hydrogen (secondary N) is 1. The van der Waals surface area contributed by atoms with Crippen molar-refractivity contribution in [2.24, 2.45) is 23.2 Å². The van der Waals surface area contributed by atoms with Gasteiger partial charge in [0, 0.05) is 10.9 Å². The number of thiophene rings is 1. The van der Waals surface area contributed by atoms with E-state index in [1.54, 1.807) is 0 Å². The molecule has 4 aliphatic carbocycles. The van der Waals surface area contributed by atoms with Gasteiger partial charge in [-0.05, 0) is 96.8 Å². The number of hydrogen-bond donors (Lipinski definition) is 1. The van der Waals surface area contributed by atoms with E-state index in [1.807, 2.05) is 11.3 Å². The third-order valence-electron chi connectivity index (χ3n) is 5.87. The second-order valence-electron chi connectivity index (χ2n) is 7.14. The van der Waals surface area contributed by atoms with E-state index < -0.39 is 0 Å². The second-order valence-corrected chi connectivity index (χ2v) is 9.64. The minimum absolute atomic E-state index is 0.563. The summed E-state index contributed by atoms with van der Waals surface area (Å²) in [6.07, 6.45) is 9.01. The maximum Gasteiger partial charge on any atom is 0.0701 e. The highest BCUT2D eigenvalue weighted by molar-refractivity contribution is 9.11. The lowest BCUT2D eigenvalue weighted by Gasteiger charge is -2.59. The van der Waals surface area contributed by atoms with Crippen molar-refractivity contribution in [3.05, 3.63) is 20.8 Å². The lowest BCUT2D eigenvalue weighted by atomic mass is 9.47. The average Bonchev–Trinajstić information content (AvgIpc) is 2.74. The Hall–Kier alpha value is 0.140. The topological polar surface area (TPSA) is 12.0 Å². The van der Waals surface area contributed by atoms with Crippen LogP contribution in [0.1, 0.15) is 49.4 Å². The van der Waals surface area contributed by atoms with Crippen LogP contribution in [0.5, 0.6) is 0 Å². The molecule has 1 atom stereocenters. The Bertz CT molecular complexity index is 446. The van der Waals surface area contributed by atoms with Crippen LogP contribution in [0.2, 0.25) is 0 Å². The predicted molar refractivity (Wildman–Crippen MR) is 84.4 cm³/mol. The van der Waals surface area contributed by atoms with Crippen LogP contribution in [0.25, 0.3) is 0 Å². The van der Waals surface area contributed by atoms with Gasteiger partial charge in [-0.1, -0.05) is 0 Å². The molecular weight excluding hydrogens is 318 g/mol. The first-order valence-electron chi connectivity index (χ1n) is 7.61. The average molecular weight is 340 g/mol. The van der Waals surface area contributed by atoms with Crippen molar-refractivity contribution in [1.82, 2.24) is 5.32 Å². The number of halogens is 1. The highest BCUT2D eigenvalue weighted by atomic mass is 79.9. The zero-order valence-corrected chi connectivity index (χ0v) is 13.9. The molecule has 4 aliphatic rings. The van der Waals surface area contributed by atoms with Crippen molar-refractivity contribution in [1.29, 1.82) is 0 Å². The second kappa shape index (κ2) is 4.57. The monoisotopic (exact) mass is 339 g/mol. The molecule has 4 fully saturated rings. The van der Waals surface area contributed by atoms with Crippen molar-refractivity contribution in [2.45, 2.75) is 44.6 Å². The summed E-state index contributed by atoms with van der Waals surface area (Å²) >= 11 is 5.55. The Morgan fingerprint density at radius 1 is 1.16 bits per heavy atom. The van der Waals surface area contributed by atoms with Gasteiger partial charge < -0.3 is 5.32 Å². The Morgan fingerprint density at radius 3 is 2.16 bits per heavy atom. The van der Waals surface area contributed by atoms with E-state index in [0.717, 1.165) is 17.8 Å². The number of hydrogen-bond acceptors (Lipinski definition) is 2. The third kappa shape index (κ3) is 2.04. The van der Waals surface area contributed by atoms with Gasteiger partial charge in [-0.15, -0.1) is 11.3 Å². The van der Waals surface area contributed by atoms with E-state index in [0.29, 0.717) is 11.5 Å². The molecule has 1 nitrogen and oxygen atoms in total. The fourth-order valence-corrected chi connectivity index (χ4v) is 7.44. The van der Waals surface area contributed by atoms with Crippen LogP contribution in [0.4, 0.5) is 0 Å². The minimum Gasteiger partial charge on any atom is -0.312 e. The first kappa shape index (κ1) is 12.8. The van der Waals surface area contributed by atoms with Crippen LogP contribution in [-0.4, -0.2) is 7.05 Å². The zero-order chi connectivity index (χ0) is 13.0. The van der Waals surface area contributed by atoms with E-state index in [9.17, 15) is 0 Å². The van der Waals surface area contributed by atoms with Gasteiger partial charge in [0.2, 0.25) is 0 Å². The first-order valence-corrected chi connectivity index (χ1v) is 9.22. The standard InChI is InChI=1S/C16H22BrNS/c1-18-15(13-2-3-14(17)19-13)16-7-10-4-11(8-16)6-12(5-10)9-16/h2-3,10-12,15,18H,4-9H2,1H3. The molecule has 3 heteroatoms. The smallest absolute Gasteiger partial charge is 0.0701 e. The van der Waals surface area contributed by atoms with E-state index >= 15 is 0 Å². The molecule has 0 radical (unpaired) electrons. The van der Waals surface area contributed by atoms with Crippen LogP contribution in [-0.2, 0) is 0 Å². The Morgan fingerprint density at radius 2 is 1.74 bits per heavy atom. The number of rotatable bonds is 3. The lowest BCUT2D eigenvalue weighted by molar-refractivity contribution is -0.0729. The van der Waals surface area contributed by atoms with Crippen molar-refractivity contribution >= 4 is 27.3 Å². The van der Waals surface area contributed by atoms with Crippen molar-refractivity contribution < 1.29 is 0 Å². The quantitative estimate of drug-likeness (QED) is 0.818. The normalized spacial score (nSPS) is 41.7. The molecule has 1 aromatic heterocycles. The lowest BCUT2D eigenvalue weighted by Crippen LogP contribution is -2.51. The van der Waals surface area contributed by atoms with Crippen molar-refractivity contribution in [3.8, 4) is 0 Å². The molecule has 4 bridgehead atoms. The first-order chi connectivity index (χ1) is 9.18. The molecule has 1 heterocycles. The van der Waals surface area contributed by atoms with E-state index in [-0.39, 0.29) is 0 Å². The van der Waals surface area contributed by atoms with Crippen LogP contribution in [0, 0.1) is 23.2 Å². The minimum atomic E-state index is 0.563. The molecule has 5 rings (SSSR count). The fraction of sp³-hybridized carbons (Fsp3) is 0.750. The molecule has 104 valence electrons. The highest BCUT2D eigenvalue weighted by Gasteiger charge is 2.54. The molecule has 1 unspecified atom stereocenters. The highest BCUT2D eigenvalue weighted by Crippen LogP contribution is 2.64. The van der Waals surface area contributed by atoms with Gasteiger partial charge >= 0.3 is 0 Å². The largest absolute Gasteiger partial charge is 0.312 e. The molecule has 0 aliphatic heterocycles. The summed E-state index contributed by atoms with van der Waals surface area (Å²) in [5.41, 5.74) is 0.563. The van der Waals surface area contributed by atoms with E-state index in [2.05, 4.69) is 40.4 Å². The predicted octanol–water partition coefficient (Wildman–Crippen LogP) is 4.99. The van der Waals surface area contributed by atoms with Gasteiger partial charge in [0.15, 0.2) is 0 Å². The Kier molecular flexibility index (Phi) is 3.09. The summed E-state index contributed by atoms with van der Waals surface area (Å²) in [6.45, 7) is 0. The maximum absolute atomic E-state index is 3.68. The molecule has 0 amide bonds. The molecule has 1 aromatic rings. The van der Waals surface area contributed by atoms with Gasteiger partial charge in [-0.25, -0.2) is 0 Å². The summed E-state index contributed by atoms with van der Waals surface area (Å²) in [7, 11) is 2.16. The van der Waals surface area contributed by atoms with Crippen molar-refractivity contribution in [3.63, 3.8) is 0 Å². The SMILES string of the molecule is CNC(c1ccc(Br)s1)C12CC3CC(CC(C3)C1)C2. The Labute approximate surface area is 128 Å². The third-order valence-corrected chi connectivity index (χ3v) is 7.55. The summed E-state index contributed by atoms with van der Waals surface area (Å²) < 4.78 is 1.27. The summed E-state index contributed by atoms with van der Waals surface area (Å²) in [4.78, 5) is 1.54. The van der Waals surface area contributed by atoms with Gasteiger partial charge in [0.1, 0.15) is 0 Å². The molecule has 0 spiro atoms.